The van der Waals surface area contributed by atoms with Crippen molar-refractivity contribution in [3.63, 3.8) is 0 Å². The summed E-state index contributed by atoms with van der Waals surface area (Å²) in [5.41, 5.74) is 11.5. The van der Waals surface area contributed by atoms with Gasteiger partial charge in [-0.3, -0.25) is 9.59 Å². The SMILES string of the molecule is NC(=O)C1(CCC(=O)NCc2ccc(N)nc2)CCCCC1. The quantitative estimate of drug-likeness (QED) is 0.739. The average Bonchev–Trinajstić information content (AvgIpc) is 2.53. The van der Waals surface area contributed by atoms with Crippen LogP contribution in [0.4, 0.5) is 5.82 Å². The van der Waals surface area contributed by atoms with E-state index in [2.05, 4.69) is 10.3 Å². The molecule has 0 bridgehead atoms. The second-order valence-corrected chi connectivity index (χ2v) is 6.07. The predicted molar refractivity (Wildman–Crippen MR) is 84.4 cm³/mol. The first-order chi connectivity index (χ1) is 10.5. The first kappa shape index (κ1) is 16.3. The van der Waals surface area contributed by atoms with Crippen LogP contribution in [0.3, 0.4) is 0 Å². The van der Waals surface area contributed by atoms with Gasteiger partial charge < -0.3 is 16.8 Å². The molecule has 6 heteroatoms. The van der Waals surface area contributed by atoms with Gasteiger partial charge in [-0.25, -0.2) is 4.98 Å². The van der Waals surface area contributed by atoms with Crippen LogP contribution in [-0.2, 0) is 16.1 Å². The molecular weight excluding hydrogens is 280 g/mol. The largest absolute Gasteiger partial charge is 0.384 e. The molecule has 120 valence electrons. The van der Waals surface area contributed by atoms with Gasteiger partial charge in [0.25, 0.3) is 0 Å². The molecule has 1 fully saturated rings. The van der Waals surface area contributed by atoms with Gasteiger partial charge in [0.2, 0.25) is 11.8 Å². The lowest BCUT2D eigenvalue weighted by atomic mass is 9.70. The molecule has 0 saturated heterocycles. The maximum Gasteiger partial charge on any atom is 0.223 e. The number of nitrogen functional groups attached to an aromatic ring is 1. The Morgan fingerprint density at radius 2 is 1.95 bits per heavy atom. The number of nitrogens with zero attached hydrogens (tertiary/aromatic N) is 1. The van der Waals surface area contributed by atoms with Gasteiger partial charge in [-0.05, 0) is 30.9 Å². The van der Waals surface area contributed by atoms with Crippen LogP contribution in [-0.4, -0.2) is 16.8 Å². The smallest absolute Gasteiger partial charge is 0.223 e. The van der Waals surface area contributed by atoms with Crippen LogP contribution in [0.25, 0.3) is 0 Å². The third-order valence-electron chi connectivity index (χ3n) is 4.50. The average molecular weight is 304 g/mol. The molecule has 0 atom stereocenters. The molecule has 0 aliphatic heterocycles. The van der Waals surface area contributed by atoms with Crippen LogP contribution < -0.4 is 16.8 Å². The second kappa shape index (κ2) is 7.24. The molecule has 1 saturated carbocycles. The van der Waals surface area contributed by atoms with E-state index in [1.54, 1.807) is 12.3 Å². The fraction of sp³-hybridized carbons (Fsp3) is 0.562. The van der Waals surface area contributed by atoms with Crippen molar-refractivity contribution in [2.75, 3.05) is 5.73 Å². The minimum absolute atomic E-state index is 0.0666. The van der Waals surface area contributed by atoms with E-state index in [9.17, 15) is 9.59 Å². The van der Waals surface area contributed by atoms with Crippen molar-refractivity contribution in [1.82, 2.24) is 10.3 Å². The Kier molecular flexibility index (Phi) is 5.35. The number of carbonyl (C=O) groups is 2. The molecule has 1 aromatic rings. The number of amides is 2. The van der Waals surface area contributed by atoms with E-state index >= 15 is 0 Å². The Morgan fingerprint density at radius 3 is 2.55 bits per heavy atom. The van der Waals surface area contributed by atoms with Crippen molar-refractivity contribution in [3.05, 3.63) is 23.9 Å². The Morgan fingerprint density at radius 1 is 1.23 bits per heavy atom. The van der Waals surface area contributed by atoms with Crippen molar-refractivity contribution in [2.24, 2.45) is 11.1 Å². The topological polar surface area (TPSA) is 111 Å². The molecule has 0 spiro atoms. The van der Waals surface area contributed by atoms with E-state index in [1.807, 2.05) is 6.07 Å². The summed E-state index contributed by atoms with van der Waals surface area (Å²) in [6.07, 6.45) is 7.28. The molecule has 22 heavy (non-hydrogen) atoms. The molecule has 2 rings (SSSR count). The summed E-state index contributed by atoms with van der Waals surface area (Å²) in [6, 6.07) is 3.53. The van der Waals surface area contributed by atoms with E-state index in [0.29, 0.717) is 25.2 Å². The molecule has 2 amide bonds. The van der Waals surface area contributed by atoms with Gasteiger partial charge in [0, 0.05) is 24.6 Å². The minimum Gasteiger partial charge on any atom is -0.384 e. The molecule has 1 aliphatic carbocycles. The highest BCUT2D eigenvalue weighted by molar-refractivity contribution is 5.82. The Labute approximate surface area is 130 Å². The summed E-state index contributed by atoms with van der Waals surface area (Å²) in [5, 5.41) is 2.84. The predicted octanol–water partition coefficient (Wildman–Crippen LogP) is 1.50. The summed E-state index contributed by atoms with van der Waals surface area (Å²) < 4.78 is 0. The standard InChI is InChI=1S/C16H24N4O2/c17-13-5-4-12(10-19-13)11-20-14(21)6-9-16(15(18)22)7-2-1-3-8-16/h4-5,10H,1-3,6-9,11H2,(H2,17,19)(H2,18,22)(H,20,21). The van der Waals surface area contributed by atoms with Crippen LogP contribution in [0.15, 0.2) is 18.3 Å². The van der Waals surface area contributed by atoms with Crippen LogP contribution in [0.5, 0.6) is 0 Å². The zero-order valence-corrected chi connectivity index (χ0v) is 12.8. The van der Waals surface area contributed by atoms with Crippen molar-refractivity contribution in [1.29, 1.82) is 0 Å². The highest BCUT2D eigenvalue weighted by Gasteiger charge is 2.37. The van der Waals surface area contributed by atoms with Gasteiger partial charge >= 0.3 is 0 Å². The molecule has 1 aromatic heterocycles. The van der Waals surface area contributed by atoms with Crippen molar-refractivity contribution in [2.45, 2.75) is 51.5 Å². The Hall–Kier alpha value is -2.11. The normalized spacial score (nSPS) is 16.9. The highest BCUT2D eigenvalue weighted by atomic mass is 16.2. The van der Waals surface area contributed by atoms with E-state index in [-0.39, 0.29) is 11.8 Å². The summed E-state index contributed by atoms with van der Waals surface area (Å²) in [4.78, 5) is 27.7. The number of rotatable bonds is 6. The van der Waals surface area contributed by atoms with Crippen LogP contribution in [0.2, 0.25) is 0 Å². The number of anilines is 1. The van der Waals surface area contributed by atoms with Crippen LogP contribution in [0, 0.1) is 5.41 Å². The molecule has 1 aliphatic rings. The molecular formula is C16H24N4O2. The summed E-state index contributed by atoms with van der Waals surface area (Å²) in [5.74, 6) is 0.126. The first-order valence-electron chi connectivity index (χ1n) is 7.79. The minimum atomic E-state index is -0.488. The Balaban J connectivity index is 1.81. The number of nitrogens with one attached hydrogen (secondary N) is 1. The number of nitrogens with two attached hydrogens (primary N) is 2. The molecule has 0 radical (unpaired) electrons. The number of hydrogen-bond donors (Lipinski definition) is 3. The van der Waals surface area contributed by atoms with Gasteiger partial charge in [0.1, 0.15) is 5.82 Å². The summed E-state index contributed by atoms with van der Waals surface area (Å²) >= 11 is 0. The first-order valence-corrected chi connectivity index (χ1v) is 7.79. The third-order valence-corrected chi connectivity index (χ3v) is 4.50. The molecule has 6 nitrogen and oxygen atoms in total. The van der Waals surface area contributed by atoms with Crippen molar-refractivity contribution in [3.8, 4) is 0 Å². The van der Waals surface area contributed by atoms with E-state index in [1.165, 1.54) is 0 Å². The number of aromatic nitrogens is 1. The maximum absolute atomic E-state index is 12.0. The fourth-order valence-corrected chi connectivity index (χ4v) is 3.03. The second-order valence-electron chi connectivity index (χ2n) is 6.07. The molecule has 1 heterocycles. The molecule has 0 aromatic carbocycles. The number of hydrogen-bond acceptors (Lipinski definition) is 4. The maximum atomic E-state index is 12.0. The molecule has 5 N–H and O–H groups in total. The fourth-order valence-electron chi connectivity index (χ4n) is 3.03. The van der Waals surface area contributed by atoms with Gasteiger partial charge in [-0.1, -0.05) is 25.3 Å². The van der Waals surface area contributed by atoms with E-state index in [4.69, 9.17) is 11.5 Å². The zero-order valence-electron chi connectivity index (χ0n) is 12.8. The summed E-state index contributed by atoms with van der Waals surface area (Å²) in [6.45, 7) is 0.412. The molecule has 0 unspecified atom stereocenters. The summed E-state index contributed by atoms with van der Waals surface area (Å²) in [7, 11) is 0. The van der Waals surface area contributed by atoms with Gasteiger partial charge in [0.05, 0.1) is 0 Å². The van der Waals surface area contributed by atoms with Crippen molar-refractivity contribution < 1.29 is 9.59 Å². The van der Waals surface area contributed by atoms with Crippen molar-refractivity contribution >= 4 is 17.6 Å². The monoisotopic (exact) mass is 304 g/mol. The van der Waals surface area contributed by atoms with Crippen LogP contribution in [0.1, 0.15) is 50.5 Å². The van der Waals surface area contributed by atoms with Gasteiger partial charge in [0.15, 0.2) is 0 Å². The van der Waals surface area contributed by atoms with E-state index < -0.39 is 5.41 Å². The van der Waals surface area contributed by atoms with Gasteiger partial charge in [-0.15, -0.1) is 0 Å². The Bertz CT molecular complexity index is 521. The lowest BCUT2D eigenvalue weighted by Crippen LogP contribution is -2.40. The number of pyridine rings is 1. The highest BCUT2D eigenvalue weighted by Crippen LogP contribution is 2.39. The lowest BCUT2D eigenvalue weighted by molar-refractivity contribution is -0.131. The zero-order chi connectivity index (χ0) is 16.0. The lowest BCUT2D eigenvalue weighted by Gasteiger charge is -2.34. The third kappa shape index (κ3) is 4.19. The number of carbonyl (C=O) groups excluding carboxylic acids is 2. The number of primary amides is 1. The van der Waals surface area contributed by atoms with Crippen LogP contribution >= 0.6 is 0 Å². The van der Waals surface area contributed by atoms with E-state index in [0.717, 1.165) is 37.7 Å². The van der Waals surface area contributed by atoms with Gasteiger partial charge in [-0.2, -0.15) is 0 Å².